The van der Waals surface area contributed by atoms with E-state index in [2.05, 4.69) is 27.9 Å². The quantitative estimate of drug-likeness (QED) is 0.774. The lowest BCUT2D eigenvalue weighted by Crippen LogP contribution is -2.30. The zero-order valence-electron chi connectivity index (χ0n) is 10.8. The standard InChI is InChI=1S/C15H13ClINO2/c1-10(20-14-5-3-2-4-13(14)16)15(19)18-12-8-6-11(17)7-9-12/h2-10H,1H3,(H,18,19). The maximum Gasteiger partial charge on any atom is 0.265 e. The molecule has 1 N–H and O–H groups in total. The summed E-state index contributed by atoms with van der Waals surface area (Å²) in [5.41, 5.74) is 0.741. The Morgan fingerprint density at radius 3 is 2.50 bits per heavy atom. The molecule has 0 heterocycles. The molecule has 0 fully saturated rings. The van der Waals surface area contributed by atoms with Crippen LogP contribution in [0.4, 0.5) is 5.69 Å². The average Bonchev–Trinajstić information content (AvgIpc) is 2.44. The largest absolute Gasteiger partial charge is 0.479 e. The molecule has 104 valence electrons. The molecule has 0 saturated carbocycles. The van der Waals surface area contributed by atoms with Gasteiger partial charge in [-0.2, -0.15) is 0 Å². The first-order chi connectivity index (χ1) is 9.56. The van der Waals surface area contributed by atoms with Gasteiger partial charge in [0.05, 0.1) is 5.02 Å². The molecule has 1 atom stereocenters. The second kappa shape index (κ2) is 6.95. The average molecular weight is 402 g/mol. The summed E-state index contributed by atoms with van der Waals surface area (Å²) in [4.78, 5) is 12.0. The topological polar surface area (TPSA) is 38.3 Å². The number of benzene rings is 2. The van der Waals surface area contributed by atoms with Crippen molar-refractivity contribution < 1.29 is 9.53 Å². The highest BCUT2D eigenvalue weighted by Gasteiger charge is 2.16. The molecule has 0 radical (unpaired) electrons. The molecular formula is C15H13ClINO2. The highest BCUT2D eigenvalue weighted by Crippen LogP contribution is 2.24. The monoisotopic (exact) mass is 401 g/mol. The van der Waals surface area contributed by atoms with Crippen LogP contribution in [-0.2, 0) is 4.79 Å². The Bertz CT molecular complexity index is 601. The van der Waals surface area contributed by atoms with Gasteiger partial charge in [-0.15, -0.1) is 0 Å². The van der Waals surface area contributed by atoms with E-state index in [9.17, 15) is 4.79 Å². The summed E-state index contributed by atoms with van der Waals surface area (Å²) < 4.78 is 6.67. The second-order valence-electron chi connectivity index (χ2n) is 4.19. The van der Waals surface area contributed by atoms with E-state index in [1.807, 2.05) is 36.4 Å². The molecule has 3 nitrogen and oxygen atoms in total. The minimum absolute atomic E-state index is 0.217. The van der Waals surface area contributed by atoms with E-state index in [-0.39, 0.29) is 5.91 Å². The van der Waals surface area contributed by atoms with Gasteiger partial charge in [0.25, 0.3) is 5.91 Å². The van der Waals surface area contributed by atoms with Gasteiger partial charge in [-0.3, -0.25) is 4.79 Å². The Kier molecular flexibility index (Phi) is 5.25. The fourth-order valence-electron chi connectivity index (χ4n) is 1.56. The van der Waals surface area contributed by atoms with Gasteiger partial charge >= 0.3 is 0 Å². The van der Waals surface area contributed by atoms with E-state index < -0.39 is 6.10 Å². The third kappa shape index (κ3) is 4.11. The molecule has 0 saturated heterocycles. The van der Waals surface area contributed by atoms with Gasteiger partial charge in [0, 0.05) is 9.26 Å². The van der Waals surface area contributed by atoms with Crippen molar-refractivity contribution in [2.45, 2.75) is 13.0 Å². The molecule has 0 aromatic heterocycles. The summed E-state index contributed by atoms with van der Waals surface area (Å²) in [7, 11) is 0. The van der Waals surface area contributed by atoms with Crippen LogP contribution >= 0.6 is 34.2 Å². The number of carbonyl (C=O) groups is 1. The minimum Gasteiger partial charge on any atom is -0.479 e. The smallest absolute Gasteiger partial charge is 0.265 e. The van der Waals surface area contributed by atoms with Crippen molar-refractivity contribution >= 4 is 45.8 Å². The van der Waals surface area contributed by atoms with E-state index in [0.717, 1.165) is 9.26 Å². The summed E-state index contributed by atoms with van der Waals surface area (Å²) >= 11 is 8.20. The maximum absolute atomic E-state index is 12.0. The molecule has 0 aliphatic carbocycles. The first kappa shape index (κ1) is 15.1. The predicted molar refractivity (Wildman–Crippen MR) is 89.3 cm³/mol. The first-order valence-electron chi connectivity index (χ1n) is 6.04. The Hall–Kier alpha value is -1.27. The van der Waals surface area contributed by atoms with Crippen LogP contribution in [0.15, 0.2) is 48.5 Å². The summed E-state index contributed by atoms with van der Waals surface area (Å²) in [6.07, 6.45) is -0.630. The molecule has 0 aliphatic heterocycles. The Labute approximate surface area is 136 Å². The minimum atomic E-state index is -0.630. The zero-order chi connectivity index (χ0) is 14.5. The number of nitrogens with one attached hydrogen (secondary N) is 1. The van der Waals surface area contributed by atoms with Crippen molar-refractivity contribution in [2.24, 2.45) is 0 Å². The maximum atomic E-state index is 12.0. The van der Waals surface area contributed by atoms with Crippen LogP contribution in [-0.4, -0.2) is 12.0 Å². The van der Waals surface area contributed by atoms with Crippen LogP contribution in [0, 0.1) is 3.57 Å². The van der Waals surface area contributed by atoms with Gasteiger partial charge in [0.15, 0.2) is 6.10 Å². The molecule has 0 bridgehead atoms. The van der Waals surface area contributed by atoms with Crippen LogP contribution in [0.5, 0.6) is 5.75 Å². The Morgan fingerprint density at radius 1 is 1.20 bits per heavy atom. The lowest BCUT2D eigenvalue weighted by atomic mass is 10.3. The normalized spacial score (nSPS) is 11.8. The number of hydrogen-bond donors (Lipinski definition) is 1. The van der Waals surface area contributed by atoms with Crippen molar-refractivity contribution in [1.82, 2.24) is 0 Å². The molecule has 0 aliphatic rings. The van der Waals surface area contributed by atoms with E-state index >= 15 is 0 Å². The molecule has 2 aromatic rings. The summed E-state index contributed by atoms with van der Waals surface area (Å²) in [6, 6.07) is 14.6. The van der Waals surface area contributed by atoms with Crippen LogP contribution in [0.25, 0.3) is 0 Å². The van der Waals surface area contributed by atoms with Crippen LogP contribution in [0.2, 0.25) is 5.02 Å². The lowest BCUT2D eigenvalue weighted by molar-refractivity contribution is -0.122. The molecule has 0 spiro atoms. The van der Waals surface area contributed by atoms with E-state index in [0.29, 0.717) is 10.8 Å². The Morgan fingerprint density at radius 2 is 1.85 bits per heavy atom. The van der Waals surface area contributed by atoms with Crippen molar-refractivity contribution in [3.05, 3.63) is 57.1 Å². The fourth-order valence-corrected chi connectivity index (χ4v) is 2.10. The summed E-state index contributed by atoms with van der Waals surface area (Å²) in [5.74, 6) is 0.283. The molecule has 20 heavy (non-hydrogen) atoms. The van der Waals surface area contributed by atoms with Gasteiger partial charge in [-0.05, 0) is 65.9 Å². The molecule has 2 rings (SSSR count). The highest BCUT2D eigenvalue weighted by atomic mass is 127. The van der Waals surface area contributed by atoms with E-state index in [1.54, 1.807) is 19.1 Å². The van der Waals surface area contributed by atoms with Gasteiger partial charge in [0.2, 0.25) is 0 Å². The number of rotatable bonds is 4. The number of anilines is 1. The number of ether oxygens (including phenoxy) is 1. The number of halogens is 2. The zero-order valence-corrected chi connectivity index (χ0v) is 13.7. The van der Waals surface area contributed by atoms with Gasteiger partial charge in [-0.1, -0.05) is 23.7 Å². The van der Waals surface area contributed by atoms with Crippen LogP contribution in [0.3, 0.4) is 0 Å². The highest BCUT2D eigenvalue weighted by molar-refractivity contribution is 14.1. The van der Waals surface area contributed by atoms with Gasteiger partial charge < -0.3 is 10.1 Å². The van der Waals surface area contributed by atoms with Gasteiger partial charge in [0.1, 0.15) is 5.75 Å². The number of amides is 1. The van der Waals surface area contributed by atoms with Gasteiger partial charge in [-0.25, -0.2) is 0 Å². The van der Waals surface area contributed by atoms with Crippen LogP contribution in [0.1, 0.15) is 6.92 Å². The fraction of sp³-hybridized carbons (Fsp3) is 0.133. The van der Waals surface area contributed by atoms with Crippen molar-refractivity contribution in [3.63, 3.8) is 0 Å². The molecule has 1 unspecified atom stereocenters. The molecule has 1 amide bonds. The molecular weight excluding hydrogens is 389 g/mol. The van der Waals surface area contributed by atoms with E-state index in [1.165, 1.54) is 0 Å². The number of hydrogen-bond acceptors (Lipinski definition) is 2. The van der Waals surface area contributed by atoms with Crippen molar-refractivity contribution in [3.8, 4) is 5.75 Å². The summed E-state index contributed by atoms with van der Waals surface area (Å²) in [5, 5.41) is 3.29. The van der Waals surface area contributed by atoms with Crippen LogP contribution < -0.4 is 10.1 Å². The van der Waals surface area contributed by atoms with Crippen molar-refractivity contribution in [2.75, 3.05) is 5.32 Å². The summed E-state index contributed by atoms with van der Waals surface area (Å²) in [6.45, 7) is 1.69. The predicted octanol–water partition coefficient (Wildman–Crippen LogP) is 4.35. The van der Waals surface area contributed by atoms with Crippen molar-refractivity contribution in [1.29, 1.82) is 0 Å². The third-order valence-electron chi connectivity index (χ3n) is 2.62. The number of para-hydroxylation sites is 1. The molecule has 2 aromatic carbocycles. The SMILES string of the molecule is CC(Oc1ccccc1Cl)C(=O)Nc1ccc(I)cc1. The number of carbonyl (C=O) groups excluding carboxylic acids is 1. The third-order valence-corrected chi connectivity index (χ3v) is 3.65. The second-order valence-corrected chi connectivity index (χ2v) is 5.84. The lowest BCUT2D eigenvalue weighted by Gasteiger charge is -2.15. The first-order valence-corrected chi connectivity index (χ1v) is 7.49. The Balaban J connectivity index is 1.99. The molecule has 5 heteroatoms. The van der Waals surface area contributed by atoms with E-state index in [4.69, 9.17) is 16.3 Å².